The third-order valence-corrected chi connectivity index (χ3v) is 3.55. The molecule has 0 radical (unpaired) electrons. The molecular formula is C15H21N. The maximum Gasteiger partial charge on any atom is 0.0243 e. The minimum atomic E-state index is 0.693. The molecule has 1 aliphatic heterocycles. The predicted molar refractivity (Wildman–Crippen MR) is 69.4 cm³/mol. The van der Waals surface area contributed by atoms with Gasteiger partial charge in [0.25, 0.3) is 0 Å². The highest BCUT2D eigenvalue weighted by atomic mass is 15.1. The van der Waals surface area contributed by atoms with Gasteiger partial charge in [0.05, 0.1) is 0 Å². The van der Waals surface area contributed by atoms with Crippen molar-refractivity contribution in [2.24, 2.45) is 0 Å². The number of rotatable bonds is 3. The van der Waals surface area contributed by atoms with Crippen molar-refractivity contribution < 1.29 is 0 Å². The van der Waals surface area contributed by atoms with E-state index in [0.717, 1.165) is 13.0 Å². The number of hydrogen-bond acceptors (Lipinski definition) is 1. The number of nitrogens with zero attached hydrogens (tertiary/aromatic N) is 1. The minimum absolute atomic E-state index is 0.693. The fraction of sp³-hybridized carbons (Fsp3) is 0.467. The number of benzene rings is 1. The van der Waals surface area contributed by atoms with Gasteiger partial charge in [-0.05, 0) is 24.8 Å². The Morgan fingerprint density at radius 3 is 2.81 bits per heavy atom. The Labute approximate surface area is 98.8 Å². The second kappa shape index (κ2) is 5.20. The molecule has 1 aliphatic rings. The van der Waals surface area contributed by atoms with E-state index in [4.69, 9.17) is 0 Å². The Kier molecular flexibility index (Phi) is 3.66. The molecule has 0 N–H and O–H groups in total. The van der Waals surface area contributed by atoms with E-state index in [2.05, 4.69) is 48.7 Å². The summed E-state index contributed by atoms with van der Waals surface area (Å²) in [5, 5.41) is 0. The summed E-state index contributed by atoms with van der Waals surface area (Å²) in [6, 6.07) is 10.9. The first kappa shape index (κ1) is 11.3. The lowest BCUT2D eigenvalue weighted by molar-refractivity contribution is 0.254. The zero-order valence-corrected chi connectivity index (χ0v) is 10.2. The molecule has 0 saturated carbocycles. The lowest BCUT2D eigenvalue weighted by atomic mass is 9.90. The molecule has 0 bridgehead atoms. The van der Waals surface area contributed by atoms with Crippen molar-refractivity contribution >= 4 is 0 Å². The Balaban J connectivity index is 2.05. The Morgan fingerprint density at radius 2 is 2.12 bits per heavy atom. The van der Waals surface area contributed by atoms with Gasteiger partial charge >= 0.3 is 0 Å². The van der Waals surface area contributed by atoms with Gasteiger partial charge in [-0.15, -0.1) is 0 Å². The van der Waals surface area contributed by atoms with Crippen LogP contribution in [0.5, 0.6) is 0 Å². The second-order valence-corrected chi connectivity index (χ2v) is 4.62. The van der Waals surface area contributed by atoms with E-state index in [1.165, 1.54) is 30.6 Å². The van der Waals surface area contributed by atoms with Crippen molar-refractivity contribution in [3.8, 4) is 0 Å². The Morgan fingerprint density at radius 1 is 1.38 bits per heavy atom. The summed E-state index contributed by atoms with van der Waals surface area (Å²) in [7, 11) is 0. The van der Waals surface area contributed by atoms with Crippen LogP contribution in [0.25, 0.3) is 0 Å². The van der Waals surface area contributed by atoms with Crippen molar-refractivity contribution in [3.63, 3.8) is 0 Å². The van der Waals surface area contributed by atoms with Gasteiger partial charge in [0, 0.05) is 24.7 Å². The fourth-order valence-electron chi connectivity index (χ4n) is 2.49. The Bertz CT molecular complexity index is 342. The molecule has 1 saturated heterocycles. The van der Waals surface area contributed by atoms with E-state index in [1.807, 2.05) is 0 Å². The van der Waals surface area contributed by atoms with Crippen molar-refractivity contribution in [1.82, 2.24) is 4.90 Å². The van der Waals surface area contributed by atoms with Crippen LogP contribution >= 0.6 is 0 Å². The van der Waals surface area contributed by atoms with Crippen molar-refractivity contribution in [2.75, 3.05) is 13.1 Å². The number of allylic oxidation sites excluding steroid dienone is 1. The maximum absolute atomic E-state index is 4.15. The summed E-state index contributed by atoms with van der Waals surface area (Å²) < 4.78 is 0. The zero-order valence-electron chi connectivity index (χ0n) is 10.2. The molecule has 1 heterocycles. The molecular weight excluding hydrogens is 194 g/mol. The summed E-state index contributed by atoms with van der Waals surface area (Å²) in [6.45, 7) is 8.68. The molecule has 1 aromatic rings. The maximum atomic E-state index is 4.15. The van der Waals surface area contributed by atoms with Gasteiger partial charge in [0.1, 0.15) is 0 Å². The molecule has 1 unspecified atom stereocenters. The highest BCUT2D eigenvalue weighted by Crippen LogP contribution is 2.28. The van der Waals surface area contributed by atoms with Crippen LogP contribution in [0.1, 0.15) is 37.7 Å². The van der Waals surface area contributed by atoms with Crippen LogP contribution < -0.4 is 0 Å². The molecule has 86 valence electrons. The van der Waals surface area contributed by atoms with E-state index in [-0.39, 0.29) is 0 Å². The van der Waals surface area contributed by atoms with Crippen LogP contribution in [0.3, 0.4) is 0 Å². The summed E-state index contributed by atoms with van der Waals surface area (Å²) in [6.07, 6.45) is 3.68. The third kappa shape index (κ3) is 2.46. The molecule has 2 rings (SSSR count). The van der Waals surface area contributed by atoms with E-state index in [0.29, 0.717) is 5.92 Å². The van der Waals surface area contributed by atoms with Crippen molar-refractivity contribution in [1.29, 1.82) is 0 Å². The molecule has 0 aromatic heterocycles. The number of hydrogen-bond donors (Lipinski definition) is 0. The molecule has 0 spiro atoms. The summed E-state index contributed by atoms with van der Waals surface area (Å²) in [5.41, 5.74) is 2.77. The van der Waals surface area contributed by atoms with Crippen LogP contribution in [-0.2, 0) is 0 Å². The molecule has 16 heavy (non-hydrogen) atoms. The standard InChI is InChI=1S/C15H21N/c1-3-13(2)16-11-7-10-15(12-16)14-8-5-4-6-9-14/h4-6,8-9,15H,2-3,7,10-12H2,1H3. The summed E-state index contributed by atoms with van der Waals surface area (Å²) in [5.74, 6) is 0.693. The first-order valence-electron chi connectivity index (χ1n) is 6.29. The zero-order chi connectivity index (χ0) is 11.4. The normalized spacial score (nSPS) is 20.8. The highest BCUT2D eigenvalue weighted by molar-refractivity contribution is 5.21. The lowest BCUT2D eigenvalue weighted by Gasteiger charge is -2.35. The first-order valence-corrected chi connectivity index (χ1v) is 6.29. The smallest absolute Gasteiger partial charge is 0.0243 e. The van der Waals surface area contributed by atoms with Gasteiger partial charge in [-0.2, -0.15) is 0 Å². The summed E-state index contributed by atoms with van der Waals surface area (Å²) in [4.78, 5) is 2.46. The lowest BCUT2D eigenvalue weighted by Crippen LogP contribution is -2.33. The monoisotopic (exact) mass is 215 g/mol. The van der Waals surface area contributed by atoms with Gasteiger partial charge in [-0.25, -0.2) is 0 Å². The van der Waals surface area contributed by atoms with Gasteiger partial charge in [0.2, 0.25) is 0 Å². The highest BCUT2D eigenvalue weighted by Gasteiger charge is 2.21. The van der Waals surface area contributed by atoms with Gasteiger partial charge < -0.3 is 4.90 Å². The SMILES string of the molecule is C=C(CC)N1CCCC(c2ccccc2)C1. The summed E-state index contributed by atoms with van der Waals surface area (Å²) >= 11 is 0. The largest absolute Gasteiger partial charge is 0.375 e. The average molecular weight is 215 g/mol. The quantitative estimate of drug-likeness (QED) is 0.741. The van der Waals surface area contributed by atoms with Gasteiger partial charge in [-0.3, -0.25) is 0 Å². The van der Waals surface area contributed by atoms with Crippen LogP contribution in [0, 0.1) is 0 Å². The van der Waals surface area contributed by atoms with Crippen molar-refractivity contribution in [3.05, 3.63) is 48.2 Å². The average Bonchev–Trinajstić information content (AvgIpc) is 2.39. The predicted octanol–water partition coefficient (Wildman–Crippen LogP) is 3.79. The molecule has 0 aliphatic carbocycles. The van der Waals surface area contributed by atoms with Crippen LogP contribution in [-0.4, -0.2) is 18.0 Å². The molecule has 1 atom stereocenters. The van der Waals surface area contributed by atoms with Crippen molar-refractivity contribution in [2.45, 2.75) is 32.1 Å². The first-order chi connectivity index (χ1) is 7.81. The van der Waals surface area contributed by atoms with E-state index in [9.17, 15) is 0 Å². The fourth-order valence-corrected chi connectivity index (χ4v) is 2.49. The Hall–Kier alpha value is -1.24. The topological polar surface area (TPSA) is 3.24 Å². The van der Waals surface area contributed by atoms with Gasteiger partial charge in [-0.1, -0.05) is 43.8 Å². The number of likely N-dealkylation sites (tertiary alicyclic amines) is 1. The second-order valence-electron chi connectivity index (χ2n) is 4.62. The van der Waals surface area contributed by atoms with E-state index < -0.39 is 0 Å². The van der Waals surface area contributed by atoms with Gasteiger partial charge in [0.15, 0.2) is 0 Å². The minimum Gasteiger partial charge on any atom is -0.375 e. The molecule has 1 fully saturated rings. The number of piperidine rings is 1. The molecule has 1 aromatic carbocycles. The van der Waals surface area contributed by atoms with Crippen LogP contribution in [0.4, 0.5) is 0 Å². The van der Waals surface area contributed by atoms with E-state index >= 15 is 0 Å². The van der Waals surface area contributed by atoms with E-state index in [1.54, 1.807) is 0 Å². The third-order valence-electron chi connectivity index (χ3n) is 3.55. The molecule has 1 nitrogen and oxygen atoms in total. The van der Waals surface area contributed by atoms with Crippen LogP contribution in [0.15, 0.2) is 42.6 Å². The van der Waals surface area contributed by atoms with Crippen LogP contribution in [0.2, 0.25) is 0 Å². The molecule has 1 heteroatoms. The molecule has 0 amide bonds.